The minimum Gasteiger partial charge on any atom is -0.374 e. The summed E-state index contributed by atoms with van der Waals surface area (Å²) in [7, 11) is 0. The van der Waals surface area contributed by atoms with Crippen molar-refractivity contribution in [2.24, 2.45) is 0 Å². The maximum atomic E-state index is 5.86. The number of rotatable bonds is 4. The van der Waals surface area contributed by atoms with Crippen molar-refractivity contribution in [2.75, 3.05) is 19.7 Å². The number of hydrogen-bond acceptors (Lipinski definition) is 5. The molecule has 1 aliphatic heterocycles. The summed E-state index contributed by atoms with van der Waals surface area (Å²) in [6.45, 7) is 4.37. The van der Waals surface area contributed by atoms with E-state index in [4.69, 9.17) is 9.72 Å². The second kappa shape index (κ2) is 6.16. The second-order valence-corrected chi connectivity index (χ2v) is 6.65. The van der Waals surface area contributed by atoms with Crippen molar-refractivity contribution >= 4 is 21.6 Å². The van der Waals surface area contributed by atoms with Crippen LogP contribution in [-0.2, 0) is 17.8 Å². The lowest BCUT2D eigenvalue weighted by Crippen LogP contribution is -2.43. The van der Waals surface area contributed by atoms with Gasteiger partial charge in [0.25, 0.3) is 0 Å². The predicted molar refractivity (Wildman–Crippen MR) is 86.9 cm³/mol. The minimum atomic E-state index is 0.197. The maximum absolute atomic E-state index is 5.86. The van der Waals surface area contributed by atoms with E-state index in [-0.39, 0.29) is 6.10 Å². The van der Waals surface area contributed by atoms with Crippen molar-refractivity contribution in [2.45, 2.75) is 19.2 Å². The van der Waals surface area contributed by atoms with Crippen LogP contribution in [0.3, 0.4) is 0 Å². The Morgan fingerprint density at radius 1 is 1.27 bits per heavy atom. The molecule has 114 valence electrons. The van der Waals surface area contributed by atoms with Gasteiger partial charge in [-0.05, 0) is 18.2 Å². The van der Waals surface area contributed by atoms with Crippen molar-refractivity contribution in [3.8, 4) is 0 Å². The summed E-state index contributed by atoms with van der Waals surface area (Å²) in [6.07, 6.45) is 3.99. The van der Waals surface area contributed by atoms with Gasteiger partial charge in [0, 0.05) is 25.5 Å². The minimum absolute atomic E-state index is 0.197. The lowest BCUT2D eigenvalue weighted by molar-refractivity contribution is -0.0402. The Labute approximate surface area is 133 Å². The highest BCUT2D eigenvalue weighted by Gasteiger charge is 2.22. The molecule has 1 unspecified atom stereocenters. The van der Waals surface area contributed by atoms with E-state index in [1.807, 2.05) is 29.2 Å². The van der Waals surface area contributed by atoms with Crippen LogP contribution in [0.4, 0.5) is 0 Å². The average Bonchev–Trinajstić information content (AvgIpc) is 3.16. The highest BCUT2D eigenvalue weighted by Crippen LogP contribution is 2.23. The van der Waals surface area contributed by atoms with Crippen LogP contribution in [0.5, 0.6) is 0 Å². The van der Waals surface area contributed by atoms with E-state index in [2.05, 4.69) is 28.2 Å². The fourth-order valence-corrected chi connectivity index (χ4v) is 3.84. The number of morpholine rings is 1. The molecule has 0 N–H and O–H groups in total. The fourth-order valence-electron chi connectivity index (χ4n) is 2.83. The van der Waals surface area contributed by atoms with Crippen LogP contribution in [-0.4, -0.2) is 45.5 Å². The molecule has 1 fully saturated rings. The topological polar surface area (TPSA) is 43.2 Å². The predicted octanol–water partition coefficient (Wildman–Crippen LogP) is 2.39. The molecule has 1 atom stereocenters. The van der Waals surface area contributed by atoms with Gasteiger partial charge in [-0.2, -0.15) is 5.10 Å². The van der Waals surface area contributed by atoms with E-state index in [1.54, 1.807) is 11.3 Å². The van der Waals surface area contributed by atoms with E-state index in [0.29, 0.717) is 0 Å². The Hall–Kier alpha value is -1.76. The molecule has 0 bridgehead atoms. The zero-order valence-electron chi connectivity index (χ0n) is 12.3. The number of thiazole rings is 1. The van der Waals surface area contributed by atoms with Gasteiger partial charge in [0.15, 0.2) is 0 Å². The molecule has 0 spiro atoms. The lowest BCUT2D eigenvalue weighted by atomic mass is 10.2. The largest absolute Gasteiger partial charge is 0.374 e. The average molecular weight is 314 g/mol. The monoisotopic (exact) mass is 314 g/mol. The summed E-state index contributed by atoms with van der Waals surface area (Å²) in [5.74, 6) is 0. The zero-order chi connectivity index (χ0) is 14.8. The Morgan fingerprint density at radius 2 is 2.23 bits per heavy atom. The van der Waals surface area contributed by atoms with Crippen LogP contribution in [0.15, 0.2) is 42.7 Å². The third kappa shape index (κ3) is 3.04. The third-order valence-electron chi connectivity index (χ3n) is 3.87. The number of aromatic nitrogens is 3. The molecule has 0 amide bonds. The highest BCUT2D eigenvalue weighted by atomic mass is 32.1. The normalized spacial score (nSPS) is 19.7. The van der Waals surface area contributed by atoms with E-state index in [1.165, 1.54) is 9.71 Å². The second-order valence-electron chi connectivity index (χ2n) is 5.53. The van der Waals surface area contributed by atoms with Gasteiger partial charge in [0.1, 0.15) is 5.01 Å². The number of ether oxygens (including phenoxy) is 1. The lowest BCUT2D eigenvalue weighted by Gasteiger charge is -2.32. The van der Waals surface area contributed by atoms with Crippen molar-refractivity contribution in [1.29, 1.82) is 0 Å². The number of hydrogen-bond donors (Lipinski definition) is 0. The van der Waals surface area contributed by atoms with E-state index in [9.17, 15) is 0 Å². The Morgan fingerprint density at radius 3 is 3.09 bits per heavy atom. The first-order valence-corrected chi connectivity index (χ1v) is 8.34. The Kier molecular flexibility index (Phi) is 3.88. The molecule has 0 aliphatic carbocycles. The van der Waals surface area contributed by atoms with Crippen molar-refractivity contribution < 1.29 is 4.74 Å². The van der Waals surface area contributed by atoms with E-state index in [0.717, 1.165) is 38.3 Å². The molecular formula is C16H18N4OS. The summed E-state index contributed by atoms with van der Waals surface area (Å²) < 4.78 is 9.06. The standard InChI is InChI=1S/C16H18N4OS/c1-2-5-15-14(4-1)18-16(22-15)12-19-8-9-21-13(10-19)11-20-7-3-6-17-20/h1-7,13H,8-12H2. The van der Waals surface area contributed by atoms with Crippen molar-refractivity contribution in [3.05, 3.63) is 47.7 Å². The molecular weight excluding hydrogens is 296 g/mol. The van der Waals surface area contributed by atoms with Crippen LogP contribution >= 0.6 is 11.3 Å². The van der Waals surface area contributed by atoms with Gasteiger partial charge in [-0.15, -0.1) is 11.3 Å². The maximum Gasteiger partial charge on any atom is 0.108 e. The summed E-state index contributed by atoms with van der Waals surface area (Å²) in [5.41, 5.74) is 1.10. The number of para-hydroxylation sites is 1. The first-order chi connectivity index (χ1) is 10.9. The van der Waals surface area contributed by atoms with E-state index < -0.39 is 0 Å². The van der Waals surface area contributed by atoms with Gasteiger partial charge in [0.05, 0.1) is 36.0 Å². The molecule has 5 nitrogen and oxygen atoms in total. The summed E-state index contributed by atoms with van der Waals surface area (Å²) >= 11 is 1.79. The molecule has 22 heavy (non-hydrogen) atoms. The third-order valence-corrected chi connectivity index (χ3v) is 4.89. The smallest absolute Gasteiger partial charge is 0.108 e. The molecule has 3 aromatic rings. The SMILES string of the molecule is c1ccc2sc(CN3CCOC(Cn4cccn4)C3)nc2c1. The van der Waals surface area contributed by atoms with Gasteiger partial charge < -0.3 is 4.74 Å². The molecule has 6 heteroatoms. The molecule has 4 rings (SSSR count). The Bertz CT molecular complexity index is 707. The van der Waals surface area contributed by atoms with Crippen LogP contribution in [0.1, 0.15) is 5.01 Å². The Balaban J connectivity index is 1.41. The summed E-state index contributed by atoms with van der Waals surface area (Å²) in [6, 6.07) is 10.3. The highest BCUT2D eigenvalue weighted by molar-refractivity contribution is 7.18. The number of benzene rings is 1. The number of nitrogens with zero attached hydrogens (tertiary/aromatic N) is 4. The van der Waals surface area contributed by atoms with Crippen LogP contribution in [0.2, 0.25) is 0 Å². The summed E-state index contributed by atoms with van der Waals surface area (Å²) in [5, 5.41) is 5.44. The van der Waals surface area contributed by atoms with Crippen LogP contribution < -0.4 is 0 Å². The van der Waals surface area contributed by atoms with Crippen LogP contribution in [0.25, 0.3) is 10.2 Å². The van der Waals surface area contributed by atoms with Gasteiger partial charge >= 0.3 is 0 Å². The van der Waals surface area contributed by atoms with Gasteiger partial charge in [-0.3, -0.25) is 9.58 Å². The molecule has 1 aliphatic rings. The van der Waals surface area contributed by atoms with Crippen LogP contribution in [0, 0.1) is 0 Å². The first kappa shape index (κ1) is 13.9. The first-order valence-electron chi connectivity index (χ1n) is 7.53. The number of fused-ring (bicyclic) bond motifs is 1. The van der Waals surface area contributed by atoms with Gasteiger partial charge in [0.2, 0.25) is 0 Å². The van der Waals surface area contributed by atoms with Crippen molar-refractivity contribution in [3.63, 3.8) is 0 Å². The molecule has 1 aromatic carbocycles. The van der Waals surface area contributed by atoms with Gasteiger partial charge in [-0.1, -0.05) is 12.1 Å². The molecule has 3 heterocycles. The fraction of sp³-hybridized carbons (Fsp3) is 0.375. The van der Waals surface area contributed by atoms with Gasteiger partial charge in [-0.25, -0.2) is 4.98 Å². The van der Waals surface area contributed by atoms with Crippen molar-refractivity contribution in [1.82, 2.24) is 19.7 Å². The summed E-state index contributed by atoms with van der Waals surface area (Å²) in [4.78, 5) is 7.15. The molecule has 0 saturated carbocycles. The zero-order valence-corrected chi connectivity index (χ0v) is 13.1. The quantitative estimate of drug-likeness (QED) is 0.742. The molecule has 1 saturated heterocycles. The molecule has 0 radical (unpaired) electrons. The van der Waals surface area contributed by atoms with E-state index >= 15 is 0 Å². The molecule has 2 aromatic heterocycles.